The van der Waals surface area contributed by atoms with Crippen molar-refractivity contribution in [3.8, 4) is 0 Å². The summed E-state index contributed by atoms with van der Waals surface area (Å²) < 4.78 is 12.9. The second-order valence-electron chi connectivity index (χ2n) is 5.21. The van der Waals surface area contributed by atoms with Crippen LogP contribution in [0.3, 0.4) is 0 Å². The number of hydrogen-bond donors (Lipinski definition) is 0. The van der Waals surface area contributed by atoms with E-state index in [9.17, 15) is 4.39 Å². The third-order valence-corrected chi connectivity index (χ3v) is 3.76. The molecule has 0 saturated carbocycles. The maximum atomic E-state index is 12.9. The topological polar surface area (TPSA) is 6.48 Å². The van der Waals surface area contributed by atoms with Crippen LogP contribution in [0.5, 0.6) is 0 Å². The van der Waals surface area contributed by atoms with Gasteiger partial charge >= 0.3 is 0 Å². The van der Waals surface area contributed by atoms with E-state index in [0.717, 1.165) is 38.4 Å². The van der Waals surface area contributed by atoms with Gasteiger partial charge in [0, 0.05) is 32.7 Å². The van der Waals surface area contributed by atoms with Gasteiger partial charge in [0.15, 0.2) is 0 Å². The van der Waals surface area contributed by atoms with Crippen molar-refractivity contribution in [3.05, 3.63) is 0 Å². The number of piperidine rings is 1. The molecule has 88 valence electrons. The van der Waals surface area contributed by atoms with E-state index in [1.807, 2.05) is 0 Å². The second-order valence-corrected chi connectivity index (χ2v) is 5.21. The van der Waals surface area contributed by atoms with Crippen LogP contribution in [0.4, 0.5) is 4.39 Å². The van der Waals surface area contributed by atoms with Gasteiger partial charge in [0.1, 0.15) is 6.17 Å². The van der Waals surface area contributed by atoms with Crippen molar-refractivity contribution in [2.75, 3.05) is 39.3 Å². The summed E-state index contributed by atoms with van der Waals surface area (Å²) in [5, 5.41) is 0. The third-order valence-electron chi connectivity index (χ3n) is 3.76. The average molecular weight is 214 g/mol. The number of rotatable bonds is 3. The molecule has 0 bridgehead atoms. The van der Waals surface area contributed by atoms with Crippen LogP contribution in [0.15, 0.2) is 0 Å². The molecule has 15 heavy (non-hydrogen) atoms. The van der Waals surface area contributed by atoms with Crippen LogP contribution < -0.4 is 0 Å². The fourth-order valence-corrected chi connectivity index (χ4v) is 2.64. The van der Waals surface area contributed by atoms with Crippen LogP contribution in [0.1, 0.15) is 26.2 Å². The highest BCUT2D eigenvalue weighted by Gasteiger charge is 2.21. The summed E-state index contributed by atoms with van der Waals surface area (Å²) in [6.45, 7) is 9.10. The zero-order valence-corrected chi connectivity index (χ0v) is 9.79. The molecule has 0 aliphatic carbocycles. The molecular weight excluding hydrogens is 191 g/mol. The van der Waals surface area contributed by atoms with Gasteiger partial charge in [0.25, 0.3) is 0 Å². The summed E-state index contributed by atoms with van der Waals surface area (Å²) in [7, 11) is 0. The minimum absolute atomic E-state index is 0.534. The molecule has 0 spiro atoms. The van der Waals surface area contributed by atoms with E-state index in [-0.39, 0.29) is 0 Å². The van der Waals surface area contributed by atoms with Gasteiger partial charge in [-0.3, -0.25) is 0 Å². The largest absolute Gasteiger partial charge is 0.302 e. The van der Waals surface area contributed by atoms with Crippen LogP contribution in [0, 0.1) is 5.92 Å². The summed E-state index contributed by atoms with van der Waals surface area (Å²) in [5.41, 5.74) is 0. The van der Waals surface area contributed by atoms with Crippen molar-refractivity contribution in [3.63, 3.8) is 0 Å². The van der Waals surface area contributed by atoms with Crippen LogP contribution >= 0.6 is 0 Å². The molecule has 0 N–H and O–H groups in total. The van der Waals surface area contributed by atoms with E-state index in [2.05, 4.69) is 16.7 Å². The summed E-state index contributed by atoms with van der Waals surface area (Å²) in [6, 6.07) is 0. The summed E-state index contributed by atoms with van der Waals surface area (Å²) in [4.78, 5) is 4.96. The maximum Gasteiger partial charge on any atom is 0.103 e. The number of alkyl halides is 1. The smallest absolute Gasteiger partial charge is 0.103 e. The Kier molecular flexibility index (Phi) is 3.98. The Bertz CT molecular complexity index is 190. The number of nitrogens with zero attached hydrogens (tertiary/aromatic N) is 2. The summed E-state index contributed by atoms with van der Waals surface area (Å²) in [5.74, 6) is 0.876. The molecule has 2 rings (SSSR count). The van der Waals surface area contributed by atoms with Crippen molar-refractivity contribution < 1.29 is 4.39 Å². The predicted octanol–water partition coefficient (Wildman–Crippen LogP) is 1.76. The van der Waals surface area contributed by atoms with Gasteiger partial charge in [-0.15, -0.1) is 0 Å². The van der Waals surface area contributed by atoms with Gasteiger partial charge in [0.2, 0.25) is 0 Å². The van der Waals surface area contributed by atoms with Gasteiger partial charge in [-0.05, 0) is 31.7 Å². The summed E-state index contributed by atoms with van der Waals surface area (Å²) >= 11 is 0. The van der Waals surface area contributed by atoms with Gasteiger partial charge in [-0.2, -0.15) is 0 Å². The summed E-state index contributed by atoms with van der Waals surface area (Å²) in [6.07, 6.45) is 2.31. The predicted molar refractivity (Wildman–Crippen MR) is 60.8 cm³/mol. The molecule has 2 aliphatic heterocycles. The first-order valence-electron chi connectivity index (χ1n) is 6.33. The van der Waals surface area contributed by atoms with E-state index in [4.69, 9.17) is 0 Å². The quantitative estimate of drug-likeness (QED) is 0.706. The lowest BCUT2D eigenvalue weighted by Crippen LogP contribution is -2.39. The fraction of sp³-hybridized carbons (Fsp3) is 1.00. The molecule has 2 saturated heterocycles. The Morgan fingerprint density at radius 2 is 1.60 bits per heavy atom. The Morgan fingerprint density at radius 1 is 1.00 bits per heavy atom. The van der Waals surface area contributed by atoms with E-state index >= 15 is 0 Å². The first kappa shape index (κ1) is 11.3. The zero-order chi connectivity index (χ0) is 10.7. The molecule has 2 aliphatic rings. The molecule has 0 unspecified atom stereocenters. The van der Waals surface area contributed by atoms with Gasteiger partial charge in [0.05, 0.1) is 0 Å². The van der Waals surface area contributed by atoms with Crippen molar-refractivity contribution in [1.82, 2.24) is 9.80 Å². The molecule has 3 heteroatoms. The van der Waals surface area contributed by atoms with E-state index in [0.29, 0.717) is 0 Å². The number of likely N-dealkylation sites (tertiary alicyclic amines) is 2. The molecule has 0 aromatic carbocycles. The second kappa shape index (κ2) is 5.26. The maximum absolute atomic E-state index is 12.9. The van der Waals surface area contributed by atoms with Gasteiger partial charge in [-0.1, -0.05) is 6.92 Å². The minimum atomic E-state index is -0.534. The normalized spacial score (nSPS) is 31.2. The highest BCUT2D eigenvalue weighted by atomic mass is 19.1. The average Bonchev–Trinajstić information content (AvgIpc) is 2.64. The van der Waals surface area contributed by atoms with Gasteiger partial charge in [-0.25, -0.2) is 4.39 Å². The highest BCUT2D eigenvalue weighted by Crippen LogP contribution is 2.16. The number of halogens is 1. The monoisotopic (exact) mass is 214 g/mol. The van der Waals surface area contributed by atoms with Crippen molar-refractivity contribution in [2.24, 2.45) is 5.92 Å². The van der Waals surface area contributed by atoms with E-state index in [1.54, 1.807) is 0 Å². The first-order chi connectivity index (χ1) is 7.24. The molecule has 0 radical (unpaired) electrons. The van der Waals surface area contributed by atoms with Crippen molar-refractivity contribution in [2.45, 2.75) is 32.4 Å². The van der Waals surface area contributed by atoms with Crippen molar-refractivity contribution in [1.29, 1.82) is 0 Å². The lowest BCUT2D eigenvalue weighted by atomic mass is 10.1. The van der Waals surface area contributed by atoms with E-state index < -0.39 is 6.17 Å². The Labute approximate surface area is 92.4 Å². The Morgan fingerprint density at radius 3 is 2.20 bits per heavy atom. The van der Waals surface area contributed by atoms with Crippen LogP contribution in [0.25, 0.3) is 0 Å². The first-order valence-corrected chi connectivity index (χ1v) is 6.33. The molecule has 0 aromatic rings. The SMILES string of the molecule is C[C@H]1CCN(CCN2CCC(F)CC2)C1. The number of hydrogen-bond acceptors (Lipinski definition) is 2. The Hall–Kier alpha value is -0.150. The van der Waals surface area contributed by atoms with Crippen LogP contribution in [-0.2, 0) is 0 Å². The Balaban J connectivity index is 1.61. The van der Waals surface area contributed by atoms with E-state index in [1.165, 1.54) is 26.1 Å². The lowest BCUT2D eigenvalue weighted by molar-refractivity contribution is 0.138. The van der Waals surface area contributed by atoms with Crippen molar-refractivity contribution >= 4 is 0 Å². The standard InChI is InChI=1S/C12H23FN2/c1-11-2-5-15(10-11)9-8-14-6-3-12(13)4-7-14/h11-12H,2-10H2,1H3/t11-/m0/s1. The van der Waals surface area contributed by atoms with Crippen LogP contribution in [0.2, 0.25) is 0 Å². The molecule has 0 amide bonds. The molecule has 2 fully saturated rings. The fourth-order valence-electron chi connectivity index (χ4n) is 2.64. The third kappa shape index (κ3) is 3.42. The minimum Gasteiger partial charge on any atom is -0.302 e. The highest BCUT2D eigenvalue weighted by molar-refractivity contribution is 4.76. The lowest BCUT2D eigenvalue weighted by Gasteiger charge is -2.30. The molecule has 0 aromatic heterocycles. The molecule has 2 heterocycles. The zero-order valence-electron chi connectivity index (χ0n) is 9.79. The molecule has 2 nitrogen and oxygen atoms in total. The molecule has 1 atom stereocenters. The van der Waals surface area contributed by atoms with Gasteiger partial charge < -0.3 is 9.80 Å². The van der Waals surface area contributed by atoms with Crippen LogP contribution in [-0.4, -0.2) is 55.2 Å². The molecular formula is C12H23FN2.